The minimum absolute atomic E-state index is 0.373. The third-order valence-electron chi connectivity index (χ3n) is 10.8. The quantitative estimate of drug-likeness (QED) is 0.0371. The van der Waals surface area contributed by atoms with Crippen molar-refractivity contribution in [3.8, 4) is 0 Å². The second kappa shape index (κ2) is 42.6. The van der Waals surface area contributed by atoms with Crippen LogP contribution >= 0.6 is 0 Å². The van der Waals surface area contributed by atoms with E-state index in [9.17, 15) is 20.1 Å². The zero-order valence-corrected chi connectivity index (χ0v) is 35.0. The zero-order chi connectivity index (χ0) is 38.0. The number of hydrogen-bond donors (Lipinski definition) is 4. The van der Waals surface area contributed by atoms with Gasteiger partial charge < -0.3 is 20.6 Å². The number of aliphatic hydroxyl groups is 3. The van der Waals surface area contributed by atoms with Gasteiger partial charge >= 0.3 is 0 Å². The maximum atomic E-state index is 12.5. The highest BCUT2D eigenvalue weighted by Crippen LogP contribution is 2.16. The van der Waals surface area contributed by atoms with Crippen molar-refractivity contribution in [2.24, 2.45) is 0 Å². The normalized spacial score (nSPS) is 13.7. The third kappa shape index (κ3) is 37.2. The number of aliphatic hydroxyl groups excluding tert-OH is 3. The molecule has 0 rings (SSSR count). The molecule has 0 bridgehead atoms. The van der Waals surface area contributed by atoms with Crippen LogP contribution in [-0.4, -0.2) is 46.1 Å². The molecule has 0 aliphatic rings. The van der Waals surface area contributed by atoms with E-state index in [0.717, 1.165) is 38.5 Å². The average Bonchev–Trinajstić information content (AvgIpc) is 3.15. The number of hydrogen-bond acceptors (Lipinski definition) is 4. The fraction of sp³-hybridized carbons (Fsp3) is 0.894. The van der Waals surface area contributed by atoms with E-state index in [1.807, 2.05) is 6.08 Å². The van der Waals surface area contributed by atoms with Crippen molar-refractivity contribution in [3.05, 3.63) is 24.3 Å². The molecular formula is C47H91NO4. The molecule has 0 aliphatic heterocycles. The maximum absolute atomic E-state index is 12.5. The highest BCUT2D eigenvalue weighted by atomic mass is 16.3. The van der Waals surface area contributed by atoms with E-state index >= 15 is 0 Å². The van der Waals surface area contributed by atoms with Gasteiger partial charge in [0.1, 0.15) is 6.10 Å². The smallest absolute Gasteiger partial charge is 0.249 e. The second-order valence-electron chi connectivity index (χ2n) is 16.0. The molecule has 0 aromatic rings. The van der Waals surface area contributed by atoms with Crippen LogP contribution in [0.15, 0.2) is 24.3 Å². The van der Waals surface area contributed by atoms with Gasteiger partial charge in [-0.25, -0.2) is 0 Å². The summed E-state index contributed by atoms with van der Waals surface area (Å²) in [5, 5.41) is 33.2. The standard InChI is InChI=1S/C47H91NO4/c1-3-5-7-9-11-13-15-17-19-21-23-24-26-28-30-32-34-36-38-40-42-46(51)47(52)48-44(43-49)45(50)41-39-37-35-33-31-29-27-25-22-20-18-16-14-12-10-8-6-4-2/h31,33,39,41,44-46,49-51H,3-30,32,34-38,40,42-43H2,1-2H3,(H,48,52)/b33-31+,41-39+. The van der Waals surface area contributed by atoms with E-state index in [2.05, 4.69) is 31.3 Å². The molecular weight excluding hydrogens is 643 g/mol. The Balaban J connectivity index is 3.66. The first-order valence-electron chi connectivity index (χ1n) is 23.2. The van der Waals surface area contributed by atoms with Gasteiger partial charge in [-0.1, -0.05) is 237 Å². The molecule has 0 aromatic heterocycles. The number of allylic oxidation sites excluding steroid dienone is 3. The molecule has 308 valence electrons. The number of nitrogens with one attached hydrogen (secondary N) is 1. The van der Waals surface area contributed by atoms with Gasteiger partial charge in [0, 0.05) is 0 Å². The van der Waals surface area contributed by atoms with E-state index in [-0.39, 0.29) is 6.61 Å². The summed E-state index contributed by atoms with van der Waals surface area (Å²) >= 11 is 0. The molecule has 3 unspecified atom stereocenters. The Bertz CT molecular complexity index is 768. The van der Waals surface area contributed by atoms with E-state index < -0.39 is 24.2 Å². The molecule has 0 aromatic carbocycles. The highest BCUT2D eigenvalue weighted by Gasteiger charge is 2.22. The predicted octanol–water partition coefficient (Wildman–Crippen LogP) is 13.4. The van der Waals surface area contributed by atoms with Crippen LogP contribution in [0.1, 0.15) is 245 Å². The summed E-state index contributed by atoms with van der Waals surface area (Å²) < 4.78 is 0. The van der Waals surface area contributed by atoms with Crippen LogP contribution in [0.4, 0.5) is 0 Å². The monoisotopic (exact) mass is 734 g/mol. The summed E-state index contributed by atoms with van der Waals surface area (Å²) in [6, 6.07) is -0.811. The minimum Gasteiger partial charge on any atom is -0.394 e. The lowest BCUT2D eigenvalue weighted by Gasteiger charge is -2.21. The van der Waals surface area contributed by atoms with Crippen molar-refractivity contribution in [2.45, 2.75) is 263 Å². The topological polar surface area (TPSA) is 89.8 Å². The fourth-order valence-electron chi connectivity index (χ4n) is 7.14. The SMILES string of the molecule is CCCCCCCCCCCCCC/C=C/CC/C=C/C(O)C(CO)NC(=O)C(O)CCCCCCCCCCCCCCCCCCCCCC. The van der Waals surface area contributed by atoms with Crippen LogP contribution < -0.4 is 5.32 Å². The molecule has 5 heteroatoms. The first-order chi connectivity index (χ1) is 25.6. The molecule has 0 saturated carbocycles. The lowest BCUT2D eigenvalue weighted by Crippen LogP contribution is -2.48. The Morgan fingerprint density at radius 2 is 0.788 bits per heavy atom. The van der Waals surface area contributed by atoms with E-state index in [1.165, 1.54) is 186 Å². The summed E-state index contributed by atoms with van der Waals surface area (Å²) in [6.07, 6.45) is 52.2. The van der Waals surface area contributed by atoms with Crippen molar-refractivity contribution >= 4 is 5.91 Å². The molecule has 0 spiro atoms. The third-order valence-corrected chi connectivity index (χ3v) is 10.8. The summed E-state index contributed by atoms with van der Waals surface area (Å²) in [7, 11) is 0. The van der Waals surface area contributed by atoms with Crippen molar-refractivity contribution in [3.63, 3.8) is 0 Å². The molecule has 0 heterocycles. The molecule has 1 amide bonds. The summed E-state index contributed by atoms with van der Waals surface area (Å²) in [6.45, 7) is 4.19. The number of carbonyl (C=O) groups is 1. The average molecular weight is 734 g/mol. The van der Waals surface area contributed by atoms with Crippen LogP contribution in [0, 0.1) is 0 Å². The van der Waals surface area contributed by atoms with Crippen LogP contribution in [0.5, 0.6) is 0 Å². The van der Waals surface area contributed by atoms with Gasteiger partial charge in [-0.3, -0.25) is 4.79 Å². The second-order valence-corrected chi connectivity index (χ2v) is 16.0. The van der Waals surface area contributed by atoms with Gasteiger partial charge in [0.25, 0.3) is 0 Å². The van der Waals surface area contributed by atoms with E-state index in [0.29, 0.717) is 6.42 Å². The van der Waals surface area contributed by atoms with Gasteiger partial charge in [-0.05, 0) is 32.1 Å². The molecule has 5 nitrogen and oxygen atoms in total. The van der Waals surface area contributed by atoms with E-state index in [4.69, 9.17) is 0 Å². The van der Waals surface area contributed by atoms with Gasteiger partial charge in [0.2, 0.25) is 5.91 Å². The number of rotatable bonds is 42. The van der Waals surface area contributed by atoms with Crippen LogP contribution in [0.2, 0.25) is 0 Å². The first kappa shape index (κ1) is 50.8. The molecule has 0 saturated heterocycles. The number of amides is 1. The molecule has 0 fully saturated rings. The van der Waals surface area contributed by atoms with E-state index in [1.54, 1.807) is 6.08 Å². The first-order valence-corrected chi connectivity index (χ1v) is 23.2. The van der Waals surface area contributed by atoms with Crippen LogP contribution in [0.3, 0.4) is 0 Å². The Kier molecular flexibility index (Phi) is 41.6. The Morgan fingerprint density at radius 1 is 0.462 bits per heavy atom. The number of carbonyl (C=O) groups excluding carboxylic acids is 1. The van der Waals surface area contributed by atoms with Crippen molar-refractivity contribution in [1.82, 2.24) is 5.32 Å². The highest BCUT2D eigenvalue weighted by molar-refractivity contribution is 5.80. The van der Waals surface area contributed by atoms with Crippen molar-refractivity contribution in [1.29, 1.82) is 0 Å². The van der Waals surface area contributed by atoms with Crippen LogP contribution in [-0.2, 0) is 4.79 Å². The lowest BCUT2D eigenvalue weighted by molar-refractivity contribution is -0.131. The summed E-state index contributed by atoms with van der Waals surface area (Å²) in [5.41, 5.74) is 0. The van der Waals surface area contributed by atoms with Crippen molar-refractivity contribution in [2.75, 3.05) is 6.61 Å². The fourth-order valence-corrected chi connectivity index (χ4v) is 7.14. The zero-order valence-electron chi connectivity index (χ0n) is 35.0. The molecule has 52 heavy (non-hydrogen) atoms. The Hall–Kier alpha value is -1.17. The maximum Gasteiger partial charge on any atom is 0.249 e. The summed E-state index contributed by atoms with van der Waals surface area (Å²) in [4.78, 5) is 12.5. The molecule has 0 aliphatic carbocycles. The minimum atomic E-state index is -1.10. The largest absolute Gasteiger partial charge is 0.394 e. The Labute approximate surface area is 324 Å². The molecule has 0 radical (unpaired) electrons. The Morgan fingerprint density at radius 3 is 1.17 bits per heavy atom. The van der Waals surface area contributed by atoms with Gasteiger partial charge in [0.15, 0.2) is 0 Å². The van der Waals surface area contributed by atoms with Crippen molar-refractivity contribution < 1.29 is 20.1 Å². The molecule has 4 N–H and O–H groups in total. The van der Waals surface area contributed by atoms with Gasteiger partial charge in [-0.2, -0.15) is 0 Å². The lowest BCUT2D eigenvalue weighted by atomic mass is 10.0. The summed E-state index contributed by atoms with van der Waals surface area (Å²) in [5.74, 6) is -0.509. The van der Waals surface area contributed by atoms with Gasteiger partial charge in [0.05, 0.1) is 18.8 Å². The number of unbranched alkanes of at least 4 members (excludes halogenated alkanes) is 32. The molecule has 3 atom stereocenters. The predicted molar refractivity (Wildman–Crippen MR) is 227 cm³/mol. The van der Waals surface area contributed by atoms with Gasteiger partial charge in [-0.15, -0.1) is 0 Å². The van der Waals surface area contributed by atoms with Crippen LogP contribution in [0.25, 0.3) is 0 Å².